The molecule has 7 nitrogen and oxygen atoms in total. The summed E-state index contributed by atoms with van der Waals surface area (Å²) in [7, 11) is 0. The van der Waals surface area contributed by atoms with Crippen LogP contribution in [-0.2, 0) is 16.1 Å². The van der Waals surface area contributed by atoms with E-state index in [0.29, 0.717) is 29.7 Å². The Kier molecular flexibility index (Phi) is 8.34. The molecule has 0 fully saturated rings. The Morgan fingerprint density at radius 3 is 2.61 bits per heavy atom. The summed E-state index contributed by atoms with van der Waals surface area (Å²) in [5.74, 6) is -1.07. The van der Waals surface area contributed by atoms with E-state index < -0.39 is 29.7 Å². The summed E-state index contributed by atoms with van der Waals surface area (Å²) >= 11 is 0. The highest BCUT2D eigenvalue weighted by atomic mass is 19.1. The van der Waals surface area contributed by atoms with Crippen LogP contribution in [-0.4, -0.2) is 46.4 Å². The van der Waals surface area contributed by atoms with Crippen molar-refractivity contribution >= 4 is 12.1 Å². The van der Waals surface area contributed by atoms with E-state index in [1.54, 1.807) is 17.7 Å². The Morgan fingerprint density at radius 2 is 1.97 bits per heavy atom. The summed E-state index contributed by atoms with van der Waals surface area (Å²) in [6.07, 6.45) is 2.99. The van der Waals surface area contributed by atoms with Gasteiger partial charge in [0.25, 0.3) is 5.91 Å². The number of carbonyl (C=O) groups is 1. The number of imidazole rings is 1. The van der Waals surface area contributed by atoms with E-state index in [0.717, 1.165) is 0 Å². The largest absolute Gasteiger partial charge is 0.394 e. The summed E-state index contributed by atoms with van der Waals surface area (Å²) in [6, 6.07) is 3.10. The van der Waals surface area contributed by atoms with Crippen LogP contribution in [0.2, 0.25) is 0 Å². The number of nitrogens with zero attached hydrogens (tertiary/aromatic N) is 2. The van der Waals surface area contributed by atoms with Gasteiger partial charge in [0.05, 0.1) is 31.6 Å². The van der Waals surface area contributed by atoms with Crippen LogP contribution in [0.5, 0.6) is 0 Å². The average Bonchev–Trinajstić information content (AvgIpc) is 3.09. The number of rotatable bonds is 10. The molecule has 1 aromatic heterocycles. The molecule has 0 saturated heterocycles. The molecular weight excluding hydrogens is 432 g/mol. The molecule has 0 radical (unpaired) electrons. The second-order valence-electron chi connectivity index (χ2n) is 8.69. The van der Waals surface area contributed by atoms with Crippen molar-refractivity contribution in [3.8, 4) is 0 Å². The monoisotopic (exact) mass is 463 g/mol. The molecule has 0 aliphatic carbocycles. The van der Waals surface area contributed by atoms with Crippen LogP contribution in [0.3, 0.4) is 0 Å². The molecule has 0 spiro atoms. The van der Waals surface area contributed by atoms with Crippen LogP contribution in [0.15, 0.2) is 24.3 Å². The van der Waals surface area contributed by atoms with E-state index in [2.05, 4.69) is 10.3 Å². The van der Waals surface area contributed by atoms with E-state index in [1.165, 1.54) is 18.2 Å². The van der Waals surface area contributed by atoms with Gasteiger partial charge in [0.15, 0.2) is 0 Å². The van der Waals surface area contributed by atoms with Crippen LogP contribution < -0.4 is 5.32 Å². The van der Waals surface area contributed by atoms with Gasteiger partial charge in [-0.25, -0.2) is 13.8 Å². The molecular formula is C24H31F2N3O4. The number of amides is 1. The first-order valence-electron chi connectivity index (χ1n) is 11.0. The summed E-state index contributed by atoms with van der Waals surface area (Å²) in [4.78, 5) is 17.5. The quantitative estimate of drug-likeness (QED) is 0.562. The van der Waals surface area contributed by atoms with Crippen LogP contribution in [0, 0.1) is 30.4 Å². The lowest BCUT2D eigenvalue weighted by atomic mass is 10.0. The molecule has 0 bridgehead atoms. The van der Waals surface area contributed by atoms with Gasteiger partial charge in [0.2, 0.25) is 0 Å². The van der Waals surface area contributed by atoms with Crippen LogP contribution in [0.1, 0.15) is 54.4 Å². The van der Waals surface area contributed by atoms with Crippen molar-refractivity contribution < 1.29 is 28.2 Å². The molecule has 2 N–H and O–H groups in total. The van der Waals surface area contributed by atoms with Crippen molar-refractivity contribution in [2.45, 2.75) is 46.4 Å². The number of aromatic nitrogens is 2. The second-order valence-corrected chi connectivity index (χ2v) is 8.69. The van der Waals surface area contributed by atoms with Crippen molar-refractivity contribution in [3.63, 3.8) is 0 Å². The molecule has 1 aliphatic rings. The minimum atomic E-state index is -0.677. The number of fused-ring (bicyclic) bond motifs is 1. The molecule has 3 atom stereocenters. The highest BCUT2D eigenvalue weighted by Gasteiger charge is 2.32. The Morgan fingerprint density at radius 1 is 1.27 bits per heavy atom. The van der Waals surface area contributed by atoms with E-state index >= 15 is 0 Å². The molecule has 3 rings (SSSR count). The highest BCUT2D eigenvalue weighted by Crippen LogP contribution is 2.34. The zero-order valence-electron chi connectivity index (χ0n) is 19.3. The van der Waals surface area contributed by atoms with Crippen LogP contribution in [0.25, 0.3) is 6.20 Å². The lowest BCUT2D eigenvalue weighted by Crippen LogP contribution is -2.42. The van der Waals surface area contributed by atoms with Gasteiger partial charge in [0.1, 0.15) is 29.3 Å². The van der Waals surface area contributed by atoms with Crippen molar-refractivity contribution in [1.82, 2.24) is 14.9 Å². The first-order valence-corrected chi connectivity index (χ1v) is 11.0. The Bertz CT molecular complexity index is 986. The average molecular weight is 464 g/mol. The van der Waals surface area contributed by atoms with Gasteiger partial charge in [-0.15, -0.1) is 0 Å². The lowest BCUT2D eigenvalue weighted by molar-refractivity contribution is 0.00549. The first-order chi connectivity index (χ1) is 15.7. The number of halogens is 2. The number of carbonyl (C=O) groups excluding carboxylic acids is 1. The Balaban J connectivity index is 1.77. The fraction of sp³-hybridized carbons (Fsp3) is 0.500. The number of benzene rings is 1. The predicted octanol–water partition coefficient (Wildman–Crippen LogP) is 3.61. The number of aliphatic hydroxyl groups is 1. The molecule has 3 unspecified atom stereocenters. The molecule has 180 valence electrons. The van der Waals surface area contributed by atoms with Gasteiger partial charge in [-0.2, -0.15) is 0 Å². The molecule has 1 amide bonds. The van der Waals surface area contributed by atoms with Gasteiger partial charge < -0.3 is 19.9 Å². The van der Waals surface area contributed by atoms with Gasteiger partial charge in [-0.3, -0.25) is 9.36 Å². The van der Waals surface area contributed by atoms with Crippen molar-refractivity contribution in [2.75, 3.05) is 19.8 Å². The zero-order valence-corrected chi connectivity index (χ0v) is 19.3. The number of aryl methyl sites for hydroxylation is 1. The smallest absolute Gasteiger partial charge is 0.270 e. The van der Waals surface area contributed by atoms with Crippen molar-refractivity contribution in [2.24, 2.45) is 11.8 Å². The van der Waals surface area contributed by atoms with Gasteiger partial charge in [0, 0.05) is 24.3 Å². The minimum Gasteiger partial charge on any atom is -0.394 e. The third-order valence-corrected chi connectivity index (χ3v) is 5.39. The molecule has 1 aliphatic heterocycles. The summed E-state index contributed by atoms with van der Waals surface area (Å²) < 4.78 is 41.1. The fourth-order valence-electron chi connectivity index (χ4n) is 3.66. The Hall–Kier alpha value is -2.62. The zero-order chi connectivity index (χ0) is 24.1. The maximum Gasteiger partial charge on any atom is 0.270 e. The number of aliphatic hydroxyl groups excluding tert-OH is 1. The van der Waals surface area contributed by atoms with E-state index in [1.807, 2.05) is 26.8 Å². The maximum absolute atomic E-state index is 14.0. The predicted molar refractivity (Wildman–Crippen MR) is 119 cm³/mol. The number of ether oxygens (including phenoxy) is 2. The number of nitrogens with one attached hydrogen (secondary N) is 1. The highest BCUT2D eigenvalue weighted by molar-refractivity contribution is 5.94. The summed E-state index contributed by atoms with van der Waals surface area (Å²) in [5.41, 5.74) is 0.632. The SMILES string of the molecule is Cc1nc2n(c1C(=O)NC(CO)COCC(C)C)C=CC(C)C2OCc1c(F)cccc1F. The van der Waals surface area contributed by atoms with Gasteiger partial charge in [-0.1, -0.05) is 32.9 Å². The maximum atomic E-state index is 14.0. The third-order valence-electron chi connectivity index (χ3n) is 5.39. The number of hydrogen-bond donors (Lipinski definition) is 2. The standard InChI is InChI=1S/C24H31F2N3O4/c1-14(2)11-32-12-17(10-30)28-24(31)21-16(4)27-23-22(15(3)8-9-29(21)23)33-13-18-19(25)6-5-7-20(18)26/h5-9,14-15,17,22,30H,10-13H2,1-4H3,(H,28,31). The fourth-order valence-corrected chi connectivity index (χ4v) is 3.66. The topological polar surface area (TPSA) is 85.6 Å². The first kappa shape index (κ1) is 25.0. The molecule has 1 aromatic carbocycles. The van der Waals surface area contributed by atoms with E-state index in [4.69, 9.17) is 9.47 Å². The number of hydrogen-bond acceptors (Lipinski definition) is 5. The van der Waals surface area contributed by atoms with Crippen LogP contribution in [0.4, 0.5) is 8.78 Å². The van der Waals surface area contributed by atoms with Crippen molar-refractivity contribution in [3.05, 3.63) is 58.7 Å². The molecule has 9 heteroatoms. The Labute approximate surface area is 192 Å². The summed E-state index contributed by atoms with van der Waals surface area (Å²) in [6.45, 7) is 7.81. The third kappa shape index (κ3) is 5.85. The second kappa shape index (κ2) is 11.0. The summed E-state index contributed by atoms with van der Waals surface area (Å²) in [5, 5.41) is 12.4. The molecule has 2 heterocycles. The van der Waals surface area contributed by atoms with Gasteiger partial charge >= 0.3 is 0 Å². The minimum absolute atomic E-state index is 0.125. The molecule has 2 aromatic rings. The van der Waals surface area contributed by atoms with E-state index in [9.17, 15) is 18.7 Å². The molecule has 0 saturated carbocycles. The van der Waals surface area contributed by atoms with E-state index in [-0.39, 0.29) is 31.3 Å². The van der Waals surface area contributed by atoms with Gasteiger partial charge in [-0.05, 0) is 25.0 Å². The lowest BCUT2D eigenvalue weighted by Gasteiger charge is -2.26. The molecule has 33 heavy (non-hydrogen) atoms. The normalized spacial score (nSPS) is 18.4. The van der Waals surface area contributed by atoms with Crippen LogP contribution >= 0.6 is 0 Å². The van der Waals surface area contributed by atoms with Crippen molar-refractivity contribution in [1.29, 1.82) is 0 Å².